The van der Waals surface area contributed by atoms with Crippen molar-refractivity contribution in [3.8, 4) is 0 Å². The molecule has 1 saturated heterocycles. The third kappa shape index (κ3) is 3.95. The van der Waals surface area contributed by atoms with Crippen molar-refractivity contribution in [3.05, 3.63) is 0 Å². The number of hydrogen-bond donors (Lipinski definition) is 2. The molecule has 6 heteroatoms. The second-order valence-electron chi connectivity index (χ2n) is 8.85. The molecule has 0 amide bonds. The predicted molar refractivity (Wildman–Crippen MR) is 113 cm³/mol. The molecule has 1 spiro atoms. The van der Waals surface area contributed by atoms with Gasteiger partial charge >= 0.3 is 0 Å². The van der Waals surface area contributed by atoms with Crippen LogP contribution in [-0.4, -0.2) is 51.5 Å². The molecule has 0 aromatic carbocycles. The number of rotatable bonds is 4. The van der Waals surface area contributed by atoms with E-state index in [-0.39, 0.29) is 35.5 Å². The Kier molecular flexibility index (Phi) is 7.04. The zero-order valence-corrected chi connectivity index (χ0v) is 18.8. The number of nitrogens with one attached hydrogen (secondary N) is 2. The number of halogens is 1. The van der Waals surface area contributed by atoms with E-state index >= 15 is 0 Å². The molecule has 1 heterocycles. The summed E-state index contributed by atoms with van der Waals surface area (Å²) in [5.74, 6) is 1.56. The van der Waals surface area contributed by atoms with Gasteiger partial charge in [0.15, 0.2) is 5.96 Å². The van der Waals surface area contributed by atoms with Crippen molar-refractivity contribution < 1.29 is 9.47 Å². The maximum absolute atomic E-state index is 6.08. The average molecular weight is 465 g/mol. The van der Waals surface area contributed by atoms with Crippen LogP contribution in [0.1, 0.15) is 52.9 Å². The van der Waals surface area contributed by atoms with Gasteiger partial charge < -0.3 is 20.1 Å². The summed E-state index contributed by atoms with van der Waals surface area (Å²) < 4.78 is 11.7. The molecule has 5 nitrogen and oxygen atoms in total. The minimum atomic E-state index is 0. The summed E-state index contributed by atoms with van der Waals surface area (Å²) in [6.45, 7) is 8.32. The monoisotopic (exact) mass is 465 g/mol. The summed E-state index contributed by atoms with van der Waals surface area (Å²) in [6, 6.07) is 0.509. The predicted octanol–water partition coefficient (Wildman–Crippen LogP) is 3.18. The van der Waals surface area contributed by atoms with Gasteiger partial charge in [0, 0.05) is 44.7 Å². The van der Waals surface area contributed by atoms with E-state index in [4.69, 9.17) is 9.47 Å². The fraction of sp³-hybridized carbons (Fsp3) is 0.947. The summed E-state index contributed by atoms with van der Waals surface area (Å²) in [6.07, 6.45) is 7.09. The SMILES string of the molecule is CN=C(NCC(OC)C(C)(C)C)NC1C2CCOC2C12CCCC2.I. The lowest BCUT2D eigenvalue weighted by Crippen LogP contribution is -2.69. The molecule has 0 aromatic rings. The van der Waals surface area contributed by atoms with Crippen LogP contribution in [0.5, 0.6) is 0 Å². The van der Waals surface area contributed by atoms with E-state index in [2.05, 4.69) is 36.4 Å². The van der Waals surface area contributed by atoms with Crippen LogP contribution in [0.3, 0.4) is 0 Å². The van der Waals surface area contributed by atoms with Gasteiger partial charge in [-0.1, -0.05) is 33.6 Å². The topological polar surface area (TPSA) is 54.9 Å². The van der Waals surface area contributed by atoms with Crippen LogP contribution in [0.15, 0.2) is 4.99 Å². The van der Waals surface area contributed by atoms with Gasteiger partial charge in [-0.05, 0) is 24.7 Å². The number of nitrogens with zero attached hydrogens (tertiary/aromatic N) is 1. The number of aliphatic imine (C=N–C) groups is 1. The molecule has 2 saturated carbocycles. The molecule has 1 aliphatic heterocycles. The average Bonchev–Trinajstić information content (AvgIpc) is 3.17. The molecule has 4 atom stereocenters. The van der Waals surface area contributed by atoms with Crippen LogP contribution >= 0.6 is 24.0 Å². The second-order valence-corrected chi connectivity index (χ2v) is 8.85. The van der Waals surface area contributed by atoms with Gasteiger partial charge in [-0.15, -0.1) is 24.0 Å². The van der Waals surface area contributed by atoms with Crippen molar-refractivity contribution in [3.63, 3.8) is 0 Å². The van der Waals surface area contributed by atoms with Gasteiger partial charge in [0.1, 0.15) is 0 Å². The second kappa shape index (κ2) is 8.30. The lowest BCUT2D eigenvalue weighted by atomic mass is 9.54. The molecule has 25 heavy (non-hydrogen) atoms. The smallest absolute Gasteiger partial charge is 0.191 e. The number of ether oxygens (including phenoxy) is 2. The Labute approximate surface area is 170 Å². The summed E-state index contributed by atoms with van der Waals surface area (Å²) in [5.41, 5.74) is 0.456. The Bertz CT molecular complexity index is 472. The first-order chi connectivity index (χ1) is 11.4. The first kappa shape index (κ1) is 21.2. The van der Waals surface area contributed by atoms with E-state index in [1.807, 2.05) is 7.05 Å². The van der Waals surface area contributed by atoms with Crippen LogP contribution in [0.4, 0.5) is 0 Å². The van der Waals surface area contributed by atoms with Crippen molar-refractivity contribution in [1.82, 2.24) is 10.6 Å². The molecule has 0 aromatic heterocycles. The van der Waals surface area contributed by atoms with Crippen LogP contribution < -0.4 is 10.6 Å². The van der Waals surface area contributed by atoms with E-state index in [9.17, 15) is 0 Å². The molecule has 3 rings (SSSR count). The highest BCUT2D eigenvalue weighted by molar-refractivity contribution is 14.0. The maximum Gasteiger partial charge on any atom is 0.191 e. The summed E-state index contributed by atoms with van der Waals surface area (Å²) in [7, 11) is 3.64. The highest BCUT2D eigenvalue weighted by Crippen LogP contribution is 2.60. The van der Waals surface area contributed by atoms with Gasteiger partial charge in [-0.3, -0.25) is 4.99 Å². The van der Waals surface area contributed by atoms with Crippen LogP contribution in [0, 0.1) is 16.7 Å². The third-order valence-electron chi connectivity index (χ3n) is 6.51. The van der Waals surface area contributed by atoms with Gasteiger partial charge in [0.05, 0.1) is 12.2 Å². The number of guanidine groups is 1. The highest BCUT2D eigenvalue weighted by Gasteiger charge is 2.65. The minimum absolute atomic E-state index is 0. The van der Waals surface area contributed by atoms with E-state index in [1.54, 1.807) is 7.11 Å². The van der Waals surface area contributed by atoms with Crippen molar-refractivity contribution in [2.24, 2.45) is 21.7 Å². The maximum atomic E-state index is 6.08. The molecule has 2 aliphatic carbocycles. The summed E-state index contributed by atoms with van der Waals surface area (Å²) in [4.78, 5) is 4.46. The van der Waals surface area contributed by atoms with E-state index in [0.717, 1.165) is 19.1 Å². The standard InChI is InChI=1S/C19H35N3O2.HI/c1-18(2,3)14(23-5)12-21-17(20-4)22-15-13-8-11-24-16(13)19(15)9-6-7-10-19;/h13-16H,6-12H2,1-5H3,(H2,20,21,22);1H. The number of methoxy groups -OCH3 is 1. The quantitative estimate of drug-likeness (QED) is 0.381. The Balaban J connectivity index is 0.00000225. The zero-order chi connectivity index (χ0) is 17.4. The number of hydrogen-bond acceptors (Lipinski definition) is 3. The minimum Gasteiger partial charge on any atom is -0.379 e. The van der Waals surface area contributed by atoms with Crippen molar-refractivity contribution in [2.75, 3.05) is 27.3 Å². The lowest BCUT2D eigenvalue weighted by Gasteiger charge is -2.57. The Morgan fingerprint density at radius 2 is 2.00 bits per heavy atom. The number of fused-ring (bicyclic) bond motifs is 2. The van der Waals surface area contributed by atoms with E-state index in [0.29, 0.717) is 23.5 Å². The summed E-state index contributed by atoms with van der Waals surface area (Å²) in [5, 5.41) is 7.23. The van der Waals surface area contributed by atoms with Crippen LogP contribution in [0.2, 0.25) is 0 Å². The van der Waals surface area contributed by atoms with E-state index < -0.39 is 0 Å². The van der Waals surface area contributed by atoms with Gasteiger partial charge in [-0.2, -0.15) is 0 Å². The molecule has 2 N–H and O–H groups in total. The molecule has 3 fully saturated rings. The van der Waals surface area contributed by atoms with Crippen molar-refractivity contribution >= 4 is 29.9 Å². The highest BCUT2D eigenvalue weighted by atomic mass is 127. The van der Waals surface area contributed by atoms with Gasteiger partial charge in [0.2, 0.25) is 0 Å². The summed E-state index contributed by atoms with van der Waals surface area (Å²) >= 11 is 0. The third-order valence-corrected chi connectivity index (χ3v) is 6.51. The largest absolute Gasteiger partial charge is 0.379 e. The van der Waals surface area contributed by atoms with Crippen LogP contribution in [0.25, 0.3) is 0 Å². The normalized spacial score (nSPS) is 31.9. The molecule has 0 bridgehead atoms. The van der Waals surface area contributed by atoms with Gasteiger partial charge in [0.25, 0.3) is 0 Å². The molecular formula is C19H36IN3O2. The van der Waals surface area contributed by atoms with E-state index in [1.165, 1.54) is 32.1 Å². The molecule has 0 radical (unpaired) electrons. The fourth-order valence-electron chi connectivity index (χ4n) is 5.18. The molecule has 146 valence electrons. The van der Waals surface area contributed by atoms with Crippen molar-refractivity contribution in [2.45, 2.75) is 71.1 Å². The van der Waals surface area contributed by atoms with Gasteiger partial charge in [-0.25, -0.2) is 0 Å². The fourth-order valence-corrected chi connectivity index (χ4v) is 5.18. The van der Waals surface area contributed by atoms with Crippen molar-refractivity contribution in [1.29, 1.82) is 0 Å². The Morgan fingerprint density at radius 3 is 2.56 bits per heavy atom. The lowest BCUT2D eigenvalue weighted by molar-refractivity contribution is -0.125. The first-order valence-corrected chi connectivity index (χ1v) is 9.54. The molecule has 4 unspecified atom stereocenters. The Morgan fingerprint density at radius 1 is 1.32 bits per heavy atom. The molecular weight excluding hydrogens is 429 g/mol. The molecule has 3 aliphatic rings. The zero-order valence-electron chi connectivity index (χ0n) is 16.4. The first-order valence-electron chi connectivity index (χ1n) is 9.54. The Hall–Kier alpha value is -0.0800. The van der Waals surface area contributed by atoms with Crippen LogP contribution in [-0.2, 0) is 9.47 Å².